The average molecular weight is 441 g/mol. The highest BCUT2D eigenvalue weighted by molar-refractivity contribution is 7.71. The van der Waals surface area contributed by atoms with Gasteiger partial charge in [-0.25, -0.2) is 0 Å². The number of H-pyrrole nitrogens is 1. The third-order valence-electron chi connectivity index (χ3n) is 4.97. The van der Waals surface area contributed by atoms with Gasteiger partial charge in [-0.15, -0.1) is 0 Å². The van der Waals surface area contributed by atoms with Gasteiger partial charge >= 0.3 is 0 Å². The first kappa shape index (κ1) is 22.6. The van der Waals surface area contributed by atoms with Crippen molar-refractivity contribution in [3.8, 4) is 22.9 Å². The lowest BCUT2D eigenvalue weighted by molar-refractivity contribution is -0.130. The number of nitrogens with one attached hydrogen (secondary N) is 1. The lowest BCUT2D eigenvalue weighted by Gasteiger charge is -2.18. The minimum Gasteiger partial charge on any atom is -0.497 e. The van der Waals surface area contributed by atoms with E-state index in [-0.39, 0.29) is 5.91 Å². The molecule has 1 amide bonds. The van der Waals surface area contributed by atoms with E-state index in [9.17, 15) is 4.79 Å². The van der Waals surface area contributed by atoms with Gasteiger partial charge in [-0.3, -0.25) is 14.5 Å². The number of hydrogen-bond acceptors (Lipinski definition) is 5. The maximum Gasteiger partial charge on any atom is 0.224 e. The van der Waals surface area contributed by atoms with Crippen molar-refractivity contribution in [3.05, 3.63) is 58.4 Å². The van der Waals surface area contributed by atoms with Crippen molar-refractivity contribution in [1.29, 1.82) is 0 Å². The molecule has 1 N–H and O–H groups in total. The minimum absolute atomic E-state index is 0.0211. The van der Waals surface area contributed by atoms with Crippen LogP contribution in [0, 0.1) is 18.6 Å². The van der Waals surface area contributed by atoms with E-state index in [0.29, 0.717) is 36.7 Å². The second-order valence-corrected chi connectivity index (χ2v) is 7.86. The summed E-state index contributed by atoms with van der Waals surface area (Å²) in [6.45, 7) is 5.46. The Balaban J connectivity index is 1.55. The first-order chi connectivity index (χ1) is 14.9. The van der Waals surface area contributed by atoms with Gasteiger partial charge in [0.25, 0.3) is 0 Å². The summed E-state index contributed by atoms with van der Waals surface area (Å²) >= 11 is 5.36. The van der Waals surface area contributed by atoms with Gasteiger partial charge in [0.2, 0.25) is 5.91 Å². The smallest absolute Gasteiger partial charge is 0.224 e. The first-order valence-corrected chi connectivity index (χ1v) is 10.5. The van der Waals surface area contributed by atoms with E-state index in [1.165, 1.54) is 0 Å². The van der Waals surface area contributed by atoms with Crippen molar-refractivity contribution < 1.29 is 14.3 Å². The highest BCUT2D eigenvalue weighted by Gasteiger charge is 2.13. The van der Waals surface area contributed by atoms with Crippen LogP contribution in [-0.4, -0.2) is 52.9 Å². The molecule has 164 valence electrons. The summed E-state index contributed by atoms with van der Waals surface area (Å²) in [6, 6.07) is 13.7. The molecule has 0 aliphatic carbocycles. The normalized spacial score (nSPS) is 10.7. The number of aromatic amines is 1. The van der Waals surface area contributed by atoms with Crippen molar-refractivity contribution in [1.82, 2.24) is 19.7 Å². The number of amides is 1. The molecule has 0 radical (unpaired) electrons. The van der Waals surface area contributed by atoms with E-state index in [0.717, 1.165) is 28.2 Å². The average Bonchev–Trinajstić information content (AvgIpc) is 3.11. The van der Waals surface area contributed by atoms with Crippen LogP contribution in [0.25, 0.3) is 11.4 Å². The zero-order chi connectivity index (χ0) is 22.4. The number of likely N-dealkylation sites (N-methyl/N-ethyl adjacent to an activating group) is 1. The molecule has 7 nitrogen and oxygen atoms in total. The summed E-state index contributed by atoms with van der Waals surface area (Å²) in [4.78, 5) is 14.3. The molecule has 0 saturated carbocycles. The zero-order valence-electron chi connectivity index (χ0n) is 18.3. The van der Waals surface area contributed by atoms with E-state index >= 15 is 0 Å². The van der Waals surface area contributed by atoms with E-state index in [1.807, 2.05) is 54.8 Å². The number of nitrogens with zero attached hydrogens (tertiary/aromatic N) is 3. The Morgan fingerprint density at radius 2 is 1.81 bits per heavy atom. The number of aromatic nitrogens is 3. The van der Waals surface area contributed by atoms with Gasteiger partial charge in [-0.1, -0.05) is 6.07 Å². The van der Waals surface area contributed by atoms with Gasteiger partial charge in [0.15, 0.2) is 10.6 Å². The molecule has 1 heterocycles. The SMILES string of the molecule is COc1ccc(-c2n[nH]c(=S)n2CCC(=O)N(C)CCOc2cc(C)cc(C)c2)cc1. The molecule has 2 aromatic carbocycles. The van der Waals surface area contributed by atoms with Crippen LogP contribution in [-0.2, 0) is 11.3 Å². The molecule has 3 aromatic rings. The minimum atomic E-state index is 0.0211. The Kier molecular flexibility index (Phi) is 7.46. The van der Waals surface area contributed by atoms with Crippen LogP contribution in [0.2, 0.25) is 0 Å². The fraction of sp³-hybridized carbons (Fsp3) is 0.348. The highest BCUT2D eigenvalue weighted by Crippen LogP contribution is 2.21. The van der Waals surface area contributed by atoms with Crippen LogP contribution in [0.5, 0.6) is 11.5 Å². The molecule has 8 heteroatoms. The van der Waals surface area contributed by atoms with Crippen LogP contribution in [0.15, 0.2) is 42.5 Å². The van der Waals surface area contributed by atoms with E-state index in [4.69, 9.17) is 21.7 Å². The molecular formula is C23H28N4O3S. The Bertz CT molecular complexity index is 1070. The topological polar surface area (TPSA) is 72.4 Å². The molecule has 0 aliphatic heterocycles. The fourth-order valence-corrected chi connectivity index (χ4v) is 3.55. The third kappa shape index (κ3) is 5.95. The summed E-state index contributed by atoms with van der Waals surface area (Å²) in [5.74, 6) is 2.31. The van der Waals surface area contributed by atoms with E-state index in [1.54, 1.807) is 19.1 Å². The van der Waals surface area contributed by atoms with E-state index < -0.39 is 0 Å². The summed E-state index contributed by atoms with van der Waals surface area (Å²) in [6.07, 6.45) is 0.317. The monoisotopic (exact) mass is 440 g/mol. The van der Waals surface area contributed by atoms with Crippen molar-refractivity contribution in [3.63, 3.8) is 0 Å². The molecule has 1 aromatic heterocycles. The quantitative estimate of drug-likeness (QED) is 0.506. The summed E-state index contributed by atoms with van der Waals surface area (Å²) in [7, 11) is 3.41. The fourth-order valence-electron chi connectivity index (χ4n) is 3.33. The predicted octanol–water partition coefficient (Wildman–Crippen LogP) is 4.16. The van der Waals surface area contributed by atoms with Crippen molar-refractivity contribution in [2.75, 3.05) is 27.3 Å². The van der Waals surface area contributed by atoms with Gasteiger partial charge < -0.3 is 14.4 Å². The number of hydrogen-bond donors (Lipinski definition) is 1. The maximum atomic E-state index is 12.6. The standard InChI is InChI=1S/C23H28N4O3S/c1-16-13-17(2)15-20(14-16)30-12-11-26(3)21(28)9-10-27-22(24-25-23(27)31)18-5-7-19(29-4)8-6-18/h5-8,13-15H,9-12H2,1-4H3,(H,25,31). The molecular weight excluding hydrogens is 412 g/mol. The lowest BCUT2D eigenvalue weighted by Crippen LogP contribution is -2.31. The number of ether oxygens (including phenoxy) is 2. The van der Waals surface area contributed by atoms with Gasteiger partial charge in [0.1, 0.15) is 18.1 Å². The molecule has 0 bridgehead atoms. The molecule has 31 heavy (non-hydrogen) atoms. The predicted molar refractivity (Wildman–Crippen MR) is 123 cm³/mol. The summed E-state index contributed by atoms with van der Waals surface area (Å²) in [5.41, 5.74) is 3.21. The lowest BCUT2D eigenvalue weighted by atomic mass is 10.1. The molecule has 0 atom stereocenters. The maximum absolute atomic E-state index is 12.6. The largest absolute Gasteiger partial charge is 0.497 e. The summed E-state index contributed by atoms with van der Waals surface area (Å²) in [5, 5.41) is 7.14. The van der Waals surface area contributed by atoms with Crippen LogP contribution in [0.3, 0.4) is 0 Å². The second-order valence-electron chi connectivity index (χ2n) is 7.47. The molecule has 0 aliphatic rings. The number of aryl methyl sites for hydroxylation is 2. The Hall–Kier alpha value is -3.13. The van der Waals surface area contributed by atoms with Crippen LogP contribution >= 0.6 is 12.2 Å². The molecule has 0 unspecified atom stereocenters. The number of rotatable bonds is 9. The third-order valence-corrected chi connectivity index (χ3v) is 5.28. The van der Waals surface area contributed by atoms with Gasteiger partial charge in [0, 0.05) is 25.6 Å². The molecule has 0 saturated heterocycles. The number of carbonyl (C=O) groups is 1. The number of methoxy groups -OCH3 is 1. The van der Waals surface area contributed by atoms with E-state index in [2.05, 4.69) is 16.3 Å². The molecule has 3 rings (SSSR count). The zero-order valence-corrected chi connectivity index (χ0v) is 19.2. The van der Waals surface area contributed by atoms with Crippen LogP contribution in [0.4, 0.5) is 0 Å². The summed E-state index contributed by atoms with van der Waals surface area (Å²) < 4.78 is 13.3. The highest BCUT2D eigenvalue weighted by atomic mass is 32.1. The number of benzene rings is 2. The molecule has 0 spiro atoms. The Morgan fingerprint density at radius 3 is 2.45 bits per heavy atom. The molecule has 0 fully saturated rings. The number of carbonyl (C=O) groups excluding carboxylic acids is 1. The van der Waals surface area contributed by atoms with Crippen molar-refractivity contribution >= 4 is 18.1 Å². The Labute approximate surface area is 187 Å². The van der Waals surface area contributed by atoms with Crippen LogP contribution < -0.4 is 9.47 Å². The van der Waals surface area contributed by atoms with Gasteiger partial charge in [-0.2, -0.15) is 5.10 Å². The van der Waals surface area contributed by atoms with Crippen molar-refractivity contribution in [2.45, 2.75) is 26.8 Å². The Morgan fingerprint density at radius 1 is 1.13 bits per heavy atom. The van der Waals surface area contributed by atoms with Gasteiger partial charge in [0.05, 0.1) is 13.7 Å². The second kappa shape index (κ2) is 10.3. The van der Waals surface area contributed by atoms with Crippen molar-refractivity contribution in [2.24, 2.45) is 0 Å². The van der Waals surface area contributed by atoms with Crippen LogP contribution in [0.1, 0.15) is 17.5 Å². The first-order valence-electron chi connectivity index (χ1n) is 10.1. The van der Waals surface area contributed by atoms with Gasteiger partial charge in [-0.05, 0) is 73.6 Å².